The number of carbonyl (C=O) groups is 1. The van der Waals surface area contributed by atoms with Crippen molar-refractivity contribution in [3.8, 4) is 11.3 Å². The molecule has 2 heterocycles. The summed E-state index contributed by atoms with van der Waals surface area (Å²) < 4.78 is 16.0. The van der Waals surface area contributed by atoms with Crippen LogP contribution in [0.15, 0.2) is 65.7 Å². The highest BCUT2D eigenvalue weighted by molar-refractivity contribution is 5.91. The van der Waals surface area contributed by atoms with Gasteiger partial charge in [0.2, 0.25) is 5.91 Å². The number of anilines is 1. The summed E-state index contributed by atoms with van der Waals surface area (Å²) in [7, 11) is 0. The molecule has 0 unspecified atom stereocenters. The zero-order valence-electron chi connectivity index (χ0n) is 16.0. The van der Waals surface area contributed by atoms with Crippen LogP contribution >= 0.6 is 0 Å². The largest absolute Gasteiger partial charge is 0.324 e. The van der Waals surface area contributed by atoms with Crippen LogP contribution in [0.4, 0.5) is 10.1 Å². The average molecular weight is 390 g/mol. The third-order valence-electron chi connectivity index (χ3n) is 4.73. The molecule has 0 bridgehead atoms. The highest BCUT2D eigenvalue weighted by Gasteiger charge is 2.12. The quantitative estimate of drug-likeness (QED) is 0.579. The predicted molar refractivity (Wildman–Crippen MR) is 109 cm³/mol. The summed E-state index contributed by atoms with van der Waals surface area (Å²) in [6.45, 7) is 3.55. The number of benzene rings is 2. The molecule has 0 aliphatic carbocycles. The van der Waals surface area contributed by atoms with Gasteiger partial charge in [-0.2, -0.15) is 5.10 Å². The van der Waals surface area contributed by atoms with Crippen LogP contribution in [0.5, 0.6) is 0 Å². The maximum atomic E-state index is 13.2. The van der Waals surface area contributed by atoms with Crippen LogP contribution < -0.4 is 10.9 Å². The molecular weight excluding hydrogens is 371 g/mol. The molecule has 2 aromatic heterocycles. The van der Waals surface area contributed by atoms with Crippen molar-refractivity contribution >= 4 is 17.1 Å². The summed E-state index contributed by atoms with van der Waals surface area (Å²) in [5.41, 5.74) is 3.93. The van der Waals surface area contributed by atoms with Crippen LogP contribution in [0.1, 0.15) is 11.1 Å². The molecule has 1 amide bonds. The number of nitrogens with one attached hydrogen (secondary N) is 1. The molecule has 29 heavy (non-hydrogen) atoms. The number of hydrogen-bond acceptors (Lipinski definition) is 3. The molecule has 4 aromatic rings. The van der Waals surface area contributed by atoms with E-state index in [4.69, 9.17) is 0 Å². The second-order valence-corrected chi connectivity index (χ2v) is 6.96. The van der Waals surface area contributed by atoms with Crippen molar-refractivity contribution in [2.24, 2.45) is 0 Å². The minimum Gasteiger partial charge on any atom is -0.324 e. The molecule has 0 aliphatic heterocycles. The van der Waals surface area contributed by atoms with Crippen molar-refractivity contribution in [2.45, 2.75) is 20.4 Å². The summed E-state index contributed by atoms with van der Waals surface area (Å²) in [5, 5.41) is 7.16. The Bertz CT molecular complexity index is 1270. The monoisotopic (exact) mass is 390 g/mol. The molecular formula is C22H19FN4O2. The van der Waals surface area contributed by atoms with Crippen molar-refractivity contribution in [2.75, 3.05) is 5.32 Å². The summed E-state index contributed by atoms with van der Waals surface area (Å²) >= 11 is 0. The van der Waals surface area contributed by atoms with Gasteiger partial charge in [-0.15, -0.1) is 0 Å². The first-order chi connectivity index (χ1) is 13.9. The van der Waals surface area contributed by atoms with Crippen molar-refractivity contribution in [1.82, 2.24) is 14.2 Å². The van der Waals surface area contributed by atoms with Gasteiger partial charge in [0.25, 0.3) is 5.56 Å². The SMILES string of the molecule is Cc1ccc(-c2cc3c(=O)n(CC(=O)Nc4ccc(F)cc4C)ccn3n2)cc1. The first kappa shape index (κ1) is 18.6. The zero-order chi connectivity index (χ0) is 20.5. The number of rotatable bonds is 4. The van der Waals surface area contributed by atoms with E-state index in [0.29, 0.717) is 22.5 Å². The molecule has 4 rings (SSSR count). The van der Waals surface area contributed by atoms with Crippen molar-refractivity contribution in [1.29, 1.82) is 0 Å². The third kappa shape index (κ3) is 3.80. The first-order valence-corrected chi connectivity index (χ1v) is 9.12. The molecule has 146 valence electrons. The second-order valence-electron chi connectivity index (χ2n) is 6.96. The Labute approximate surface area is 166 Å². The fourth-order valence-electron chi connectivity index (χ4n) is 3.13. The minimum atomic E-state index is -0.371. The summed E-state index contributed by atoms with van der Waals surface area (Å²) in [6.07, 6.45) is 3.17. The molecule has 6 nitrogen and oxygen atoms in total. The van der Waals surface area contributed by atoms with E-state index >= 15 is 0 Å². The zero-order valence-corrected chi connectivity index (χ0v) is 16.0. The molecule has 0 saturated carbocycles. The molecule has 0 aliphatic rings. The molecule has 7 heteroatoms. The lowest BCUT2D eigenvalue weighted by Crippen LogP contribution is -2.28. The number of aromatic nitrogens is 3. The van der Waals surface area contributed by atoms with Gasteiger partial charge in [0, 0.05) is 23.6 Å². The van der Waals surface area contributed by atoms with E-state index in [1.807, 2.05) is 31.2 Å². The molecule has 2 aromatic carbocycles. The van der Waals surface area contributed by atoms with Gasteiger partial charge in [-0.1, -0.05) is 29.8 Å². The number of fused-ring (bicyclic) bond motifs is 1. The fraction of sp³-hybridized carbons (Fsp3) is 0.136. The molecule has 0 radical (unpaired) electrons. The van der Waals surface area contributed by atoms with Crippen LogP contribution in [0, 0.1) is 19.7 Å². The lowest BCUT2D eigenvalue weighted by Gasteiger charge is -2.10. The van der Waals surface area contributed by atoms with Crippen LogP contribution in [-0.2, 0) is 11.3 Å². The highest BCUT2D eigenvalue weighted by Crippen LogP contribution is 2.19. The lowest BCUT2D eigenvalue weighted by molar-refractivity contribution is -0.116. The maximum absolute atomic E-state index is 13.2. The number of aryl methyl sites for hydroxylation is 2. The van der Waals surface area contributed by atoms with Crippen LogP contribution in [-0.4, -0.2) is 20.1 Å². The van der Waals surface area contributed by atoms with Gasteiger partial charge in [-0.25, -0.2) is 8.91 Å². The summed E-state index contributed by atoms with van der Waals surface area (Å²) in [4.78, 5) is 25.2. The van der Waals surface area contributed by atoms with E-state index in [-0.39, 0.29) is 23.8 Å². The Morgan fingerprint density at radius 2 is 1.83 bits per heavy atom. The fourth-order valence-corrected chi connectivity index (χ4v) is 3.13. The van der Waals surface area contributed by atoms with Gasteiger partial charge in [-0.3, -0.25) is 9.59 Å². The summed E-state index contributed by atoms with van der Waals surface area (Å²) in [5.74, 6) is -0.739. The number of hydrogen-bond donors (Lipinski definition) is 1. The Morgan fingerprint density at radius 3 is 2.55 bits per heavy atom. The van der Waals surface area contributed by atoms with Gasteiger partial charge >= 0.3 is 0 Å². The van der Waals surface area contributed by atoms with Gasteiger partial charge in [0.05, 0.1) is 5.69 Å². The van der Waals surface area contributed by atoms with E-state index < -0.39 is 0 Å². The van der Waals surface area contributed by atoms with Crippen LogP contribution in [0.3, 0.4) is 0 Å². The van der Waals surface area contributed by atoms with Gasteiger partial charge < -0.3 is 9.88 Å². The smallest absolute Gasteiger partial charge is 0.277 e. The Morgan fingerprint density at radius 1 is 1.07 bits per heavy atom. The Balaban J connectivity index is 1.59. The minimum absolute atomic E-state index is 0.156. The van der Waals surface area contributed by atoms with E-state index in [2.05, 4.69) is 10.4 Å². The normalized spacial score (nSPS) is 11.0. The standard InChI is InChI=1S/C22H19FN4O2/c1-14-3-5-16(6-4-14)19-12-20-22(29)26(9-10-27(20)25-19)13-21(28)24-18-8-7-17(23)11-15(18)2/h3-12H,13H2,1-2H3,(H,24,28). The number of nitrogens with zero attached hydrogens (tertiary/aromatic N) is 3. The maximum Gasteiger partial charge on any atom is 0.277 e. The van der Waals surface area contributed by atoms with E-state index in [0.717, 1.165) is 11.1 Å². The van der Waals surface area contributed by atoms with Crippen LogP contribution in [0.2, 0.25) is 0 Å². The molecule has 0 saturated heterocycles. The molecule has 0 atom stereocenters. The lowest BCUT2D eigenvalue weighted by atomic mass is 10.1. The van der Waals surface area contributed by atoms with E-state index in [9.17, 15) is 14.0 Å². The topological polar surface area (TPSA) is 68.4 Å². The number of carbonyl (C=O) groups excluding carboxylic acids is 1. The van der Waals surface area contributed by atoms with Crippen molar-refractivity contribution in [3.05, 3.63) is 88.2 Å². The predicted octanol–water partition coefficient (Wildman–Crippen LogP) is 3.56. The van der Waals surface area contributed by atoms with Crippen LogP contribution in [0.25, 0.3) is 16.8 Å². The van der Waals surface area contributed by atoms with E-state index in [1.54, 1.807) is 19.2 Å². The van der Waals surface area contributed by atoms with Crippen molar-refractivity contribution in [3.63, 3.8) is 0 Å². The Kier molecular flexibility index (Phi) is 4.72. The second kappa shape index (κ2) is 7.35. The van der Waals surface area contributed by atoms with Gasteiger partial charge in [-0.05, 0) is 43.7 Å². The third-order valence-corrected chi connectivity index (χ3v) is 4.73. The van der Waals surface area contributed by atoms with Gasteiger partial charge in [0.15, 0.2) is 0 Å². The molecule has 0 fully saturated rings. The first-order valence-electron chi connectivity index (χ1n) is 9.12. The van der Waals surface area contributed by atoms with Crippen molar-refractivity contribution < 1.29 is 9.18 Å². The molecule has 0 spiro atoms. The Hall–Kier alpha value is -3.74. The number of halogens is 1. The average Bonchev–Trinajstić information content (AvgIpc) is 3.12. The molecule has 1 N–H and O–H groups in total. The van der Waals surface area contributed by atoms with Gasteiger partial charge in [0.1, 0.15) is 17.9 Å². The van der Waals surface area contributed by atoms with E-state index in [1.165, 1.54) is 33.5 Å². The highest BCUT2D eigenvalue weighted by atomic mass is 19.1. The number of amides is 1. The summed E-state index contributed by atoms with van der Waals surface area (Å²) in [6, 6.07) is 13.7.